The molecule has 0 aliphatic carbocycles. The van der Waals surface area contributed by atoms with Crippen molar-refractivity contribution < 1.29 is 19.8 Å². The zero-order valence-corrected chi connectivity index (χ0v) is 13.4. The van der Waals surface area contributed by atoms with Gasteiger partial charge in [-0.15, -0.1) is 0 Å². The Morgan fingerprint density at radius 1 is 0.667 bits per heavy atom. The third-order valence-electron chi connectivity index (χ3n) is 2.57. The zero-order chi connectivity index (χ0) is 15.1. The van der Waals surface area contributed by atoms with Gasteiger partial charge in [-0.25, -0.2) is 0 Å². The van der Waals surface area contributed by atoms with Gasteiger partial charge in [-0.1, -0.05) is 59.7 Å². The van der Waals surface area contributed by atoms with Crippen molar-refractivity contribution in [2.45, 2.75) is 13.8 Å². The molecule has 0 fully saturated rings. The first-order chi connectivity index (χ1) is 9.40. The molecule has 0 bridgehead atoms. The fraction of sp³-hybridized carbons (Fsp3) is 0.125. The summed E-state index contributed by atoms with van der Waals surface area (Å²) in [5.74, 6) is -2.25. The van der Waals surface area contributed by atoms with Gasteiger partial charge in [-0.2, -0.15) is 0 Å². The third kappa shape index (κ3) is 6.92. The summed E-state index contributed by atoms with van der Waals surface area (Å²) < 4.78 is 0. The smallest absolute Gasteiger partial charge is 0.545 e. The van der Waals surface area contributed by atoms with Crippen LogP contribution in [0.3, 0.4) is 0 Å². The topological polar surface area (TPSA) is 80.3 Å². The molecule has 2 rings (SSSR count). The monoisotopic (exact) mass is 294 g/mol. The fourth-order valence-corrected chi connectivity index (χ4v) is 1.38. The van der Waals surface area contributed by atoms with Crippen molar-refractivity contribution in [1.29, 1.82) is 0 Å². The van der Waals surface area contributed by atoms with E-state index in [1.54, 1.807) is 24.3 Å². The van der Waals surface area contributed by atoms with Gasteiger partial charge in [0.2, 0.25) is 0 Å². The Morgan fingerprint density at radius 2 is 0.905 bits per heavy atom. The Labute approximate surface area is 139 Å². The van der Waals surface area contributed by atoms with E-state index >= 15 is 0 Å². The summed E-state index contributed by atoms with van der Waals surface area (Å²) in [6, 6.07) is 13.1. The predicted octanol–water partition coefficient (Wildman–Crippen LogP) is 0.336. The van der Waals surface area contributed by atoms with E-state index in [4.69, 9.17) is 0 Å². The molecule has 0 aliphatic heterocycles. The number of carbonyl (C=O) groups is 2. The molecule has 0 heterocycles. The minimum absolute atomic E-state index is 0. The molecule has 0 saturated heterocycles. The number of hydrogen-bond acceptors (Lipinski definition) is 4. The van der Waals surface area contributed by atoms with Crippen LogP contribution in [0.4, 0.5) is 0 Å². The second-order valence-corrected chi connectivity index (χ2v) is 4.31. The van der Waals surface area contributed by atoms with Crippen LogP contribution in [0.15, 0.2) is 48.5 Å². The second kappa shape index (κ2) is 9.15. The van der Waals surface area contributed by atoms with Crippen LogP contribution in [0.25, 0.3) is 0 Å². The number of rotatable bonds is 2. The van der Waals surface area contributed by atoms with Gasteiger partial charge in [0, 0.05) is 0 Å². The maximum absolute atomic E-state index is 10.2. The Morgan fingerprint density at radius 3 is 1.10 bits per heavy atom. The van der Waals surface area contributed by atoms with Gasteiger partial charge in [0.15, 0.2) is 0 Å². The quantitative estimate of drug-likeness (QED) is 0.748. The molecule has 4 nitrogen and oxygen atoms in total. The van der Waals surface area contributed by atoms with E-state index in [-0.39, 0.29) is 34.2 Å². The van der Waals surface area contributed by atoms with Crippen molar-refractivity contribution in [3.8, 4) is 0 Å². The Balaban J connectivity index is 0.000000364. The molecule has 21 heavy (non-hydrogen) atoms. The summed E-state index contributed by atoms with van der Waals surface area (Å²) in [5, 5.41) is 20.4. The molecular weight excluding hydrogens is 280 g/mol. The van der Waals surface area contributed by atoms with Gasteiger partial charge >= 0.3 is 23.1 Å². The van der Waals surface area contributed by atoms with Crippen LogP contribution in [0.5, 0.6) is 0 Å². The van der Waals surface area contributed by atoms with E-state index in [0.717, 1.165) is 11.1 Å². The van der Waals surface area contributed by atoms with Crippen LogP contribution < -0.4 is 10.2 Å². The summed E-state index contributed by atoms with van der Waals surface area (Å²) in [7, 11) is 0. The number of aromatic carboxylic acids is 2. The summed E-state index contributed by atoms with van der Waals surface area (Å²) in [4.78, 5) is 20.4. The molecule has 0 radical (unpaired) electrons. The van der Waals surface area contributed by atoms with Crippen LogP contribution >= 0.6 is 0 Å². The van der Waals surface area contributed by atoms with Crippen molar-refractivity contribution in [3.63, 3.8) is 0 Å². The molecule has 0 spiro atoms. The molecule has 0 aliphatic rings. The molecule has 0 saturated carbocycles. The van der Waals surface area contributed by atoms with Crippen molar-refractivity contribution in [3.05, 3.63) is 70.8 Å². The van der Waals surface area contributed by atoms with Crippen LogP contribution in [0, 0.1) is 13.8 Å². The maximum atomic E-state index is 10.2. The molecular formula is C16H14MgO4. The Kier molecular flexibility index (Phi) is 8.34. The SMILES string of the molecule is Cc1ccc(C(=O)[O-])cc1.Cc1ccc(C(=O)[O-])cc1.[Mg+2]. The summed E-state index contributed by atoms with van der Waals surface area (Å²) in [6.45, 7) is 3.80. The summed E-state index contributed by atoms with van der Waals surface area (Å²) >= 11 is 0. The number of carbonyl (C=O) groups excluding carboxylic acids is 2. The first kappa shape index (κ1) is 19.1. The molecule has 0 N–H and O–H groups in total. The van der Waals surface area contributed by atoms with Crippen molar-refractivity contribution >= 4 is 35.0 Å². The standard InChI is InChI=1S/2C8H8O2.Mg/c2*1-6-2-4-7(5-3-6)8(9)10;/h2*2-5H,1H3,(H,9,10);/q;;+2/p-2. The molecule has 0 unspecified atom stereocenters. The molecule has 5 heteroatoms. The van der Waals surface area contributed by atoms with Crippen molar-refractivity contribution in [2.75, 3.05) is 0 Å². The molecule has 0 atom stereocenters. The maximum Gasteiger partial charge on any atom is 2.00 e. The van der Waals surface area contributed by atoms with E-state index in [9.17, 15) is 19.8 Å². The average Bonchev–Trinajstić information content (AvgIpc) is 2.40. The van der Waals surface area contributed by atoms with Crippen LogP contribution in [0.1, 0.15) is 31.8 Å². The van der Waals surface area contributed by atoms with Crippen LogP contribution in [0.2, 0.25) is 0 Å². The summed E-state index contributed by atoms with van der Waals surface area (Å²) in [5.41, 5.74) is 2.55. The second-order valence-electron chi connectivity index (χ2n) is 4.31. The minimum Gasteiger partial charge on any atom is -0.545 e. The van der Waals surface area contributed by atoms with E-state index < -0.39 is 11.9 Å². The summed E-state index contributed by atoms with van der Waals surface area (Å²) in [6.07, 6.45) is 0. The minimum atomic E-state index is -1.12. The zero-order valence-electron chi connectivity index (χ0n) is 12.0. The van der Waals surface area contributed by atoms with Gasteiger partial charge in [-0.3, -0.25) is 0 Å². The Hall–Kier alpha value is -1.85. The number of aryl methyl sites for hydroxylation is 2. The van der Waals surface area contributed by atoms with Gasteiger partial charge in [0.25, 0.3) is 0 Å². The first-order valence-electron chi connectivity index (χ1n) is 5.96. The van der Waals surface area contributed by atoms with Crippen molar-refractivity contribution in [1.82, 2.24) is 0 Å². The number of carboxylic acid groups (broad SMARTS) is 2. The van der Waals surface area contributed by atoms with E-state index in [2.05, 4.69) is 0 Å². The van der Waals surface area contributed by atoms with Gasteiger partial charge in [0.1, 0.15) is 0 Å². The number of carboxylic acids is 2. The largest absolute Gasteiger partial charge is 2.00 e. The third-order valence-corrected chi connectivity index (χ3v) is 2.57. The Bertz CT molecular complexity index is 533. The molecule has 0 amide bonds. The molecule has 2 aromatic carbocycles. The molecule has 0 aromatic heterocycles. The number of benzene rings is 2. The average molecular weight is 295 g/mol. The normalized spacial score (nSPS) is 8.86. The van der Waals surface area contributed by atoms with Gasteiger partial charge in [-0.05, 0) is 25.0 Å². The van der Waals surface area contributed by atoms with E-state index in [1.165, 1.54) is 24.3 Å². The van der Waals surface area contributed by atoms with Crippen LogP contribution in [-0.2, 0) is 0 Å². The number of hydrogen-bond donors (Lipinski definition) is 0. The van der Waals surface area contributed by atoms with E-state index in [1.807, 2.05) is 13.8 Å². The van der Waals surface area contributed by atoms with E-state index in [0.29, 0.717) is 0 Å². The fourth-order valence-electron chi connectivity index (χ4n) is 1.38. The predicted molar refractivity (Wildman–Crippen MR) is 76.8 cm³/mol. The van der Waals surface area contributed by atoms with Crippen molar-refractivity contribution in [2.24, 2.45) is 0 Å². The molecule has 2 aromatic rings. The van der Waals surface area contributed by atoms with Crippen LogP contribution in [-0.4, -0.2) is 35.0 Å². The van der Waals surface area contributed by atoms with Gasteiger partial charge in [0.05, 0.1) is 11.9 Å². The van der Waals surface area contributed by atoms with Gasteiger partial charge < -0.3 is 19.8 Å². The first-order valence-corrected chi connectivity index (χ1v) is 5.96. The molecule has 104 valence electrons.